The van der Waals surface area contributed by atoms with Crippen molar-refractivity contribution in [1.82, 2.24) is 0 Å². The molecule has 1 N–H and O–H groups in total. The number of hydrogen-bond acceptors (Lipinski definition) is 3. The lowest BCUT2D eigenvalue weighted by atomic mass is 10.00. The third-order valence-corrected chi connectivity index (χ3v) is 2.94. The van der Waals surface area contributed by atoms with Crippen molar-refractivity contribution in [3.8, 4) is 5.75 Å². The maximum atomic E-state index is 9.05. The molecular formula is C13H11NO2. The van der Waals surface area contributed by atoms with Crippen LogP contribution in [0.25, 0.3) is 10.8 Å². The van der Waals surface area contributed by atoms with E-state index in [0.29, 0.717) is 5.71 Å². The highest BCUT2D eigenvalue weighted by molar-refractivity contribution is 6.16. The van der Waals surface area contributed by atoms with Gasteiger partial charge in [0.05, 0.1) is 5.56 Å². The summed E-state index contributed by atoms with van der Waals surface area (Å²) in [5.41, 5.74) is 1.51. The average molecular weight is 213 g/mol. The first-order chi connectivity index (χ1) is 7.81. The maximum Gasteiger partial charge on any atom is 0.142 e. The van der Waals surface area contributed by atoms with Gasteiger partial charge >= 0.3 is 0 Å². The molecule has 0 aliphatic carbocycles. The summed E-state index contributed by atoms with van der Waals surface area (Å²) in [7, 11) is 0. The first-order valence-corrected chi connectivity index (χ1v) is 5.22. The molecule has 2 aromatic carbocycles. The summed E-state index contributed by atoms with van der Waals surface area (Å²) in [5, 5.41) is 14.6. The molecule has 0 saturated carbocycles. The van der Waals surface area contributed by atoms with Gasteiger partial charge in [0.2, 0.25) is 0 Å². The normalized spacial score (nSPS) is 21.1. The van der Waals surface area contributed by atoms with Gasteiger partial charge in [-0.2, -0.15) is 0 Å². The van der Waals surface area contributed by atoms with Crippen LogP contribution in [0.3, 0.4) is 0 Å². The second-order valence-corrected chi connectivity index (χ2v) is 3.91. The first-order valence-electron chi connectivity index (χ1n) is 5.22. The Balaban J connectivity index is 2.40. The highest BCUT2D eigenvalue weighted by Gasteiger charge is 2.29. The second-order valence-electron chi connectivity index (χ2n) is 3.91. The lowest BCUT2D eigenvalue weighted by molar-refractivity contribution is 0.283. The fraction of sp³-hybridized carbons (Fsp3) is 0.154. The predicted molar refractivity (Wildman–Crippen MR) is 62.4 cm³/mol. The smallest absolute Gasteiger partial charge is 0.142 e. The van der Waals surface area contributed by atoms with E-state index in [0.717, 1.165) is 22.1 Å². The molecule has 3 nitrogen and oxygen atoms in total. The van der Waals surface area contributed by atoms with E-state index < -0.39 is 0 Å². The monoisotopic (exact) mass is 213 g/mol. The van der Waals surface area contributed by atoms with Crippen molar-refractivity contribution < 1.29 is 9.94 Å². The minimum Gasteiger partial charge on any atom is -0.484 e. The molecule has 2 aromatic rings. The minimum absolute atomic E-state index is 0.189. The van der Waals surface area contributed by atoms with E-state index in [2.05, 4.69) is 5.16 Å². The van der Waals surface area contributed by atoms with Crippen LogP contribution in [0.5, 0.6) is 5.75 Å². The Morgan fingerprint density at radius 3 is 2.81 bits per heavy atom. The lowest BCUT2D eigenvalue weighted by Gasteiger charge is -2.02. The average Bonchev–Trinajstić information content (AvgIpc) is 2.65. The SMILES string of the molecule is CC1Oc2ccc3ccccc3c2/C1=N/O. The van der Waals surface area contributed by atoms with Gasteiger partial charge in [0, 0.05) is 0 Å². The van der Waals surface area contributed by atoms with Crippen LogP contribution in [0.15, 0.2) is 41.6 Å². The van der Waals surface area contributed by atoms with Crippen molar-refractivity contribution in [3.05, 3.63) is 42.0 Å². The molecule has 3 heteroatoms. The van der Waals surface area contributed by atoms with E-state index in [9.17, 15) is 0 Å². The molecule has 1 heterocycles. The molecular weight excluding hydrogens is 202 g/mol. The largest absolute Gasteiger partial charge is 0.484 e. The number of nitrogens with zero attached hydrogens (tertiary/aromatic N) is 1. The molecule has 80 valence electrons. The maximum absolute atomic E-state index is 9.05. The number of oxime groups is 1. The number of fused-ring (bicyclic) bond motifs is 3. The van der Waals surface area contributed by atoms with Gasteiger partial charge in [-0.25, -0.2) is 0 Å². The summed E-state index contributed by atoms with van der Waals surface area (Å²) in [5.74, 6) is 0.791. The van der Waals surface area contributed by atoms with Crippen LogP contribution in [0.2, 0.25) is 0 Å². The zero-order valence-corrected chi connectivity index (χ0v) is 8.84. The van der Waals surface area contributed by atoms with Gasteiger partial charge < -0.3 is 9.94 Å². The van der Waals surface area contributed by atoms with Crippen LogP contribution in [0.1, 0.15) is 12.5 Å². The molecule has 0 fully saturated rings. The van der Waals surface area contributed by atoms with Gasteiger partial charge in [-0.1, -0.05) is 35.5 Å². The van der Waals surface area contributed by atoms with Crippen LogP contribution >= 0.6 is 0 Å². The second kappa shape index (κ2) is 3.23. The van der Waals surface area contributed by atoms with E-state index in [1.807, 2.05) is 43.3 Å². The Bertz CT molecular complexity index is 590. The summed E-state index contributed by atoms with van der Waals surface area (Å²) in [4.78, 5) is 0. The van der Waals surface area contributed by atoms with Gasteiger partial charge in [-0.15, -0.1) is 0 Å². The van der Waals surface area contributed by atoms with Gasteiger partial charge in [-0.3, -0.25) is 0 Å². The van der Waals surface area contributed by atoms with Gasteiger partial charge in [-0.05, 0) is 23.8 Å². The van der Waals surface area contributed by atoms with Crippen molar-refractivity contribution in [2.24, 2.45) is 5.16 Å². The van der Waals surface area contributed by atoms with Crippen molar-refractivity contribution in [3.63, 3.8) is 0 Å². The van der Waals surface area contributed by atoms with Gasteiger partial charge in [0.15, 0.2) is 0 Å². The number of rotatable bonds is 0. The molecule has 0 aromatic heterocycles. The fourth-order valence-corrected chi connectivity index (χ4v) is 2.19. The van der Waals surface area contributed by atoms with E-state index in [1.165, 1.54) is 0 Å². The Morgan fingerprint density at radius 2 is 2.00 bits per heavy atom. The Kier molecular flexibility index (Phi) is 1.86. The van der Waals surface area contributed by atoms with E-state index in [1.54, 1.807) is 0 Å². The molecule has 0 amide bonds. The van der Waals surface area contributed by atoms with Crippen molar-refractivity contribution in [2.75, 3.05) is 0 Å². The van der Waals surface area contributed by atoms with Gasteiger partial charge in [0.25, 0.3) is 0 Å². The third kappa shape index (κ3) is 1.11. The standard InChI is InChI=1S/C13H11NO2/c1-8-13(14-15)12-10-5-3-2-4-9(10)6-7-11(12)16-8/h2-8,15H,1H3/b14-13+. The molecule has 1 aliphatic rings. The summed E-state index contributed by atoms with van der Waals surface area (Å²) in [6, 6.07) is 12.0. The molecule has 3 rings (SSSR count). The van der Waals surface area contributed by atoms with E-state index >= 15 is 0 Å². The number of benzene rings is 2. The van der Waals surface area contributed by atoms with E-state index in [4.69, 9.17) is 9.94 Å². The minimum atomic E-state index is -0.189. The Labute approximate surface area is 93.0 Å². The van der Waals surface area contributed by atoms with Gasteiger partial charge in [0.1, 0.15) is 17.6 Å². The summed E-state index contributed by atoms with van der Waals surface area (Å²) in [6.07, 6.45) is -0.189. The topological polar surface area (TPSA) is 41.8 Å². The summed E-state index contributed by atoms with van der Waals surface area (Å²) < 4.78 is 5.63. The first kappa shape index (κ1) is 9.21. The molecule has 16 heavy (non-hydrogen) atoms. The Hall–Kier alpha value is -2.03. The van der Waals surface area contributed by atoms with Crippen LogP contribution in [0.4, 0.5) is 0 Å². The molecule has 0 radical (unpaired) electrons. The number of hydrogen-bond donors (Lipinski definition) is 1. The molecule has 1 unspecified atom stereocenters. The van der Waals surface area contributed by atoms with Crippen molar-refractivity contribution in [2.45, 2.75) is 13.0 Å². The van der Waals surface area contributed by atoms with Crippen LogP contribution < -0.4 is 4.74 Å². The number of ether oxygens (including phenoxy) is 1. The van der Waals surface area contributed by atoms with Crippen LogP contribution in [-0.2, 0) is 0 Å². The summed E-state index contributed by atoms with van der Waals surface area (Å²) in [6.45, 7) is 1.88. The predicted octanol–water partition coefficient (Wildman–Crippen LogP) is 2.80. The van der Waals surface area contributed by atoms with Crippen LogP contribution in [0, 0.1) is 0 Å². The summed E-state index contributed by atoms with van der Waals surface area (Å²) >= 11 is 0. The van der Waals surface area contributed by atoms with Crippen molar-refractivity contribution in [1.29, 1.82) is 0 Å². The molecule has 0 bridgehead atoms. The van der Waals surface area contributed by atoms with Crippen molar-refractivity contribution >= 4 is 16.5 Å². The molecule has 1 aliphatic heterocycles. The molecule has 0 saturated heterocycles. The zero-order chi connectivity index (χ0) is 11.1. The Morgan fingerprint density at radius 1 is 1.19 bits per heavy atom. The zero-order valence-electron chi connectivity index (χ0n) is 8.84. The highest BCUT2D eigenvalue weighted by Crippen LogP contribution is 2.35. The quantitative estimate of drug-likeness (QED) is 0.540. The molecule has 1 atom stereocenters. The third-order valence-electron chi connectivity index (χ3n) is 2.94. The molecule has 0 spiro atoms. The fourth-order valence-electron chi connectivity index (χ4n) is 2.19. The lowest BCUT2D eigenvalue weighted by Crippen LogP contribution is -2.16. The van der Waals surface area contributed by atoms with E-state index in [-0.39, 0.29) is 6.10 Å². The highest BCUT2D eigenvalue weighted by atomic mass is 16.5. The van der Waals surface area contributed by atoms with Crippen LogP contribution in [-0.4, -0.2) is 17.0 Å².